The van der Waals surface area contributed by atoms with Gasteiger partial charge in [0.05, 0.1) is 13.2 Å². The molecule has 0 atom stereocenters. The van der Waals surface area contributed by atoms with Crippen molar-refractivity contribution in [3.05, 3.63) is 59.4 Å². The van der Waals surface area contributed by atoms with Crippen LogP contribution in [0.3, 0.4) is 0 Å². The second kappa shape index (κ2) is 16.5. The summed E-state index contributed by atoms with van der Waals surface area (Å²) in [5.74, 6) is 1.57. The predicted molar refractivity (Wildman–Crippen MR) is 132 cm³/mol. The summed E-state index contributed by atoms with van der Waals surface area (Å²) in [7, 11) is 0. The lowest BCUT2D eigenvalue weighted by Gasteiger charge is -2.15. The predicted octanol–water partition coefficient (Wildman–Crippen LogP) is 7.81. The lowest BCUT2D eigenvalue weighted by Crippen LogP contribution is -2.14. The summed E-state index contributed by atoms with van der Waals surface area (Å²) in [5.41, 5.74) is 2.18. The molecule has 4 heteroatoms. The summed E-state index contributed by atoms with van der Waals surface area (Å²) < 4.78 is 25.3. The molecule has 2 aromatic rings. The summed E-state index contributed by atoms with van der Waals surface area (Å²) in [5, 5.41) is 3.44. The van der Waals surface area contributed by atoms with Crippen molar-refractivity contribution in [3.8, 4) is 11.5 Å². The molecule has 0 saturated carbocycles. The Bertz CT molecular complexity index is 733. The largest absolute Gasteiger partial charge is 0.493 e. The maximum Gasteiger partial charge on any atom is 0.127 e. The third-order valence-corrected chi connectivity index (χ3v) is 5.62. The molecule has 0 aliphatic rings. The Labute approximate surface area is 194 Å². The van der Waals surface area contributed by atoms with Gasteiger partial charge in [0.1, 0.15) is 17.3 Å². The standard InChI is InChI=1S/C28H42FNO2/c1-3-5-7-9-11-19-31-27-18-15-25(23-30-22-24-13-16-26(29)17-14-24)28(21-27)32-20-12-10-8-6-4-2/h13-18,21,30H,3-12,19-20,22-23H2,1-2H3. The summed E-state index contributed by atoms with van der Waals surface area (Å²) in [6.07, 6.45) is 12.3. The molecule has 0 radical (unpaired) electrons. The van der Waals surface area contributed by atoms with Crippen LogP contribution < -0.4 is 14.8 Å². The molecule has 1 N–H and O–H groups in total. The summed E-state index contributed by atoms with van der Waals surface area (Å²) in [6.45, 7) is 7.33. The molecule has 0 aliphatic carbocycles. The van der Waals surface area contributed by atoms with E-state index in [1.807, 2.05) is 24.3 Å². The van der Waals surface area contributed by atoms with Gasteiger partial charge in [0.25, 0.3) is 0 Å². The molecule has 0 spiro atoms. The van der Waals surface area contributed by atoms with Gasteiger partial charge in [0.15, 0.2) is 0 Å². The Morgan fingerprint density at radius 1 is 0.688 bits per heavy atom. The highest BCUT2D eigenvalue weighted by Gasteiger charge is 2.07. The number of ether oxygens (including phenoxy) is 2. The number of hydrogen-bond acceptors (Lipinski definition) is 3. The fourth-order valence-electron chi connectivity index (χ4n) is 3.63. The van der Waals surface area contributed by atoms with E-state index in [0.29, 0.717) is 13.1 Å². The van der Waals surface area contributed by atoms with Crippen molar-refractivity contribution in [2.45, 2.75) is 91.1 Å². The van der Waals surface area contributed by atoms with Crippen molar-refractivity contribution in [2.75, 3.05) is 13.2 Å². The van der Waals surface area contributed by atoms with Crippen LogP contribution in [-0.4, -0.2) is 13.2 Å². The Morgan fingerprint density at radius 2 is 1.31 bits per heavy atom. The van der Waals surface area contributed by atoms with E-state index in [1.165, 1.54) is 63.5 Å². The van der Waals surface area contributed by atoms with Crippen LogP contribution in [0, 0.1) is 5.82 Å². The zero-order chi connectivity index (χ0) is 22.9. The summed E-state index contributed by atoms with van der Waals surface area (Å²) in [6, 6.07) is 12.8. The van der Waals surface area contributed by atoms with Crippen LogP contribution in [0.25, 0.3) is 0 Å². The fourth-order valence-corrected chi connectivity index (χ4v) is 3.63. The first-order valence-corrected chi connectivity index (χ1v) is 12.6. The first-order chi connectivity index (χ1) is 15.7. The maximum absolute atomic E-state index is 13.1. The van der Waals surface area contributed by atoms with Crippen molar-refractivity contribution >= 4 is 0 Å². The highest BCUT2D eigenvalue weighted by Crippen LogP contribution is 2.26. The first-order valence-electron chi connectivity index (χ1n) is 12.6. The van der Waals surface area contributed by atoms with Crippen LogP contribution in [0.2, 0.25) is 0 Å². The molecular weight excluding hydrogens is 401 g/mol. The highest BCUT2D eigenvalue weighted by molar-refractivity contribution is 5.40. The normalized spacial score (nSPS) is 11.0. The van der Waals surface area contributed by atoms with Gasteiger partial charge in [-0.1, -0.05) is 83.4 Å². The average molecular weight is 444 g/mol. The topological polar surface area (TPSA) is 30.5 Å². The monoisotopic (exact) mass is 443 g/mol. The zero-order valence-electron chi connectivity index (χ0n) is 20.1. The van der Waals surface area contributed by atoms with E-state index in [0.717, 1.165) is 48.7 Å². The molecule has 2 aromatic carbocycles. The molecule has 0 amide bonds. The van der Waals surface area contributed by atoms with Gasteiger partial charge in [0.2, 0.25) is 0 Å². The number of nitrogens with one attached hydrogen (secondary N) is 1. The Hall–Kier alpha value is -2.07. The van der Waals surface area contributed by atoms with Gasteiger partial charge in [0, 0.05) is 24.7 Å². The Balaban J connectivity index is 1.87. The number of benzene rings is 2. The molecule has 0 heterocycles. The molecule has 3 nitrogen and oxygen atoms in total. The number of hydrogen-bond donors (Lipinski definition) is 1. The highest BCUT2D eigenvalue weighted by atomic mass is 19.1. The zero-order valence-corrected chi connectivity index (χ0v) is 20.1. The van der Waals surface area contributed by atoms with Crippen molar-refractivity contribution in [1.29, 1.82) is 0 Å². The molecule has 0 fully saturated rings. The minimum Gasteiger partial charge on any atom is -0.493 e. The minimum absolute atomic E-state index is 0.204. The summed E-state index contributed by atoms with van der Waals surface area (Å²) >= 11 is 0. The SMILES string of the molecule is CCCCCCCOc1ccc(CNCc2ccc(F)cc2)c(OCCCCCCC)c1. The van der Waals surface area contributed by atoms with Crippen LogP contribution in [0.1, 0.15) is 89.2 Å². The first kappa shape index (κ1) is 26.2. The van der Waals surface area contributed by atoms with Crippen LogP contribution in [0.5, 0.6) is 11.5 Å². The number of unbranched alkanes of at least 4 members (excludes halogenated alkanes) is 8. The van der Waals surface area contributed by atoms with Gasteiger partial charge >= 0.3 is 0 Å². The van der Waals surface area contributed by atoms with Crippen molar-refractivity contribution in [3.63, 3.8) is 0 Å². The maximum atomic E-state index is 13.1. The van der Waals surface area contributed by atoms with E-state index in [-0.39, 0.29) is 5.82 Å². The second-order valence-electron chi connectivity index (χ2n) is 8.52. The van der Waals surface area contributed by atoms with Crippen molar-refractivity contribution in [1.82, 2.24) is 5.32 Å². The molecule has 32 heavy (non-hydrogen) atoms. The van der Waals surface area contributed by atoms with Crippen LogP contribution in [0.15, 0.2) is 42.5 Å². The van der Waals surface area contributed by atoms with Crippen LogP contribution >= 0.6 is 0 Å². The van der Waals surface area contributed by atoms with Crippen LogP contribution in [-0.2, 0) is 13.1 Å². The van der Waals surface area contributed by atoms with Gasteiger partial charge in [-0.25, -0.2) is 4.39 Å². The van der Waals surface area contributed by atoms with Gasteiger partial charge in [-0.2, -0.15) is 0 Å². The van der Waals surface area contributed by atoms with Gasteiger partial charge in [-0.15, -0.1) is 0 Å². The van der Waals surface area contributed by atoms with E-state index in [2.05, 4.69) is 25.2 Å². The van der Waals surface area contributed by atoms with Gasteiger partial charge < -0.3 is 14.8 Å². The van der Waals surface area contributed by atoms with Gasteiger partial charge in [-0.05, 0) is 36.6 Å². The molecule has 178 valence electrons. The number of rotatable bonds is 18. The van der Waals surface area contributed by atoms with Gasteiger partial charge in [-0.3, -0.25) is 0 Å². The quantitative estimate of drug-likeness (QED) is 0.238. The molecule has 0 aromatic heterocycles. The van der Waals surface area contributed by atoms with E-state index < -0.39 is 0 Å². The molecule has 0 unspecified atom stereocenters. The smallest absolute Gasteiger partial charge is 0.127 e. The third kappa shape index (κ3) is 11.0. The van der Waals surface area contributed by atoms with E-state index in [4.69, 9.17) is 9.47 Å². The van der Waals surface area contributed by atoms with Crippen LogP contribution in [0.4, 0.5) is 4.39 Å². The minimum atomic E-state index is -0.204. The molecule has 0 saturated heterocycles. The van der Waals surface area contributed by atoms with Crippen molar-refractivity contribution < 1.29 is 13.9 Å². The van der Waals surface area contributed by atoms with Crippen molar-refractivity contribution in [2.24, 2.45) is 0 Å². The third-order valence-electron chi connectivity index (χ3n) is 5.62. The molecular formula is C28H42FNO2. The fraction of sp³-hybridized carbons (Fsp3) is 0.571. The van der Waals surface area contributed by atoms with E-state index >= 15 is 0 Å². The lowest BCUT2D eigenvalue weighted by molar-refractivity contribution is 0.287. The lowest BCUT2D eigenvalue weighted by atomic mass is 10.1. The average Bonchev–Trinajstić information content (AvgIpc) is 2.81. The second-order valence-corrected chi connectivity index (χ2v) is 8.52. The van der Waals surface area contributed by atoms with E-state index in [9.17, 15) is 4.39 Å². The molecule has 0 bridgehead atoms. The van der Waals surface area contributed by atoms with E-state index in [1.54, 1.807) is 0 Å². The Kier molecular flexibility index (Phi) is 13.5. The Morgan fingerprint density at radius 3 is 1.97 bits per heavy atom. The number of halogens is 1. The molecule has 0 aliphatic heterocycles. The molecule has 2 rings (SSSR count). The summed E-state index contributed by atoms with van der Waals surface area (Å²) in [4.78, 5) is 0.